The van der Waals surface area contributed by atoms with Crippen LogP contribution in [0, 0.1) is 0 Å². The lowest BCUT2D eigenvalue weighted by Gasteiger charge is -2.20. The van der Waals surface area contributed by atoms with Crippen molar-refractivity contribution in [2.24, 2.45) is 0 Å². The average molecular weight is 1090 g/mol. The quantitative estimate of drug-likeness (QED) is 0.0320. The summed E-state index contributed by atoms with van der Waals surface area (Å²) in [7, 11) is 0. The minimum atomic E-state index is -0.843. The molecule has 0 aromatic carbocycles. The second-order valence-electron chi connectivity index (χ2n) is 23.9. The van der Waals surface area contributed by atoms with Gasteiger partial charge >= 0.3 is 5.97 Å². The molecule has 0 aliphatic rings. The zero-order valence-corrected chi connectivity index (χ0v) is 52.4. The summed E-state index contributed by atoms with van der Waals surface area (Å²) in [5.74, 6) is -0.0563. The van der Waals surface area contributed by atoms with Gasteiger partial charge in [0.1, 0.15) is 0 Å². The fourth-order valence-electron chi connectivity index (χ4n) is 10.7. The fraction of sp³-hybridized carbons (Fsp3) is 0.861. The van der Waals surface area contributed by atoms with Crippen LogP contribution in [-0.4, -0.2) is 47.4 Å². The molecule has 78 heavy (non-hydrogen) atoms. The minimum absolute atomic E-state index is 0.00947. The van der Waals surface area contributed by atoms with E-state index in [-0.39, 0.29) is 18.5 Å². The molecule has 458 valence electrons. The predicted octanol–water partition coefficient (Wildman–Crippen LogP) is 22.5. The number of unbranched alkanes of at least 4 members (excludes halogenated alkanes) is 48. The van der Waals surface area contributed by atoms with Gasteiger partial charge in [-0.25, -0.2) is 0 Å². The molecule has 3 N–H and O–H groups in total. The number of rotatable bonds is 65. The Morgan fingerprint density at radius 2 is 0.641 bits per heavy atom. The molecule has 2 atom stereocenters. The molecule has 0 fully saturated rings. The van der Waals surface area contributed by atoms with Gasteiger partial charge < -0.3 is 20.3 Å². The maximum atomic E-state index is 12.5. The summed E-state index contributed by atoms with van der Waals surface area (Å²) in [6, 6.07) is -0.626. The predicted molar refractivity (Wildman–Crippen MR) is 342 cm³/mol. The van der Waals surface area contributed by atoms with Crippen molar-refractivity contribution in [2.45, 2.75) is 386 Å². The van der Waals surface area contributed by atoms with E-state index < -0.39 is 12.1 Å². The Morgan fingerprint density at radius 3 is 1.00 bits per heavy atom. The number of amides is 1. The first-order chi connectivity index (χ1) is 38.5. The summed E-state index contributed by atoms with van der Waals surface area (Å²) >= 11 is 0. The number of aliphatic hydroxyl groups excluding tert-OH is 2. The third-order valence-electron chi connectivity index (χ3n) is 16.1. The summed E-state index contributed by atoms with van der Waals surface area (Å²) in [5, 5.41) is 23.1. The van der Waals surface area contributed by atoms with Crippen LogP contribution in [0.3, 0.4) is 0 Å². The number of hydrogen-bond donors (Lipinski definition) is 3. The average Bonchev–Trinajstić information content (AvgIpc) is 3.44. The van der Waals surface area contributed by atoms with Gasteiger partial charge in [0, 0.05) is 12.8 Å². The van der Waals surface area contributed by atoms with Crippen LogP contribution in [-0.2, 0) is 14.3 Å². The molecular formula is C72H135NO5. The molecule has 0 aliphatic heterocycles. The molecular weight excluding hydrogens is 959 g/mol. The number of allylic oxidation sites excluding steroid dienone is 7. The van der Waals surface area contributed by atoms with E-state index in [0.717, 1.165) is 51.4 Å². The number of hydrogen-bond acceptors (Lipinski definition) is 5. The molecule has 0 aromatic heterocycles. The monoisotopic (exact) mass is 1090 g/mol. The first kappa shape index (κ1) is 75.8. The van der Waals surface area contributed by atoms with E-state index in [9.17, 15) is 19.8 Å². The summed E-state index contributed by atoms with van der Waals surface area (Å²) in [6.07, 6.45) is 87.6. The van der Waals surface area contributed by atoms with Crippen LogP contribution in [0.2, 0.25) is 0 Å². The van der Waals surface area contributed by atoms with Crippen molar-refractivity contribution in [3.05, 3.63) is 48.6 Å². The van der Waals surface area contributed by atoms with E-state index in [1.807, 2.05) is 6.08 Å². The molecule has 6 nitrogen and oxygen atoms in total. The first-order valence-electron chi connectivity index (χ1n) is 34.9. The van der Waals surface area contributed by atoms with E-state index in [0.29, 0.717) is 19.4 Å². The van der Waals surface area contributed by atoms with Crippen LogP contribution >= 0.6 is 0 Å². The number of aliphatic hydroxyl groups is 2. The van der Waals surface area contributed by atoms with Gasteiger partial charge in [0.2, 0.25) is 5.91 Å². The number of carbonyl (C=O) groups excluding carboxylic acids is 2. The number of ether oxygens (including phenoxy) is 1. The highest BCUT2D eigenvalue weighted by Crippen LogP contribution is 2.18. The Morgan fingerprint density at radius 1 is 0.359 bits per heavy atom. The molecule has 0 saturated carbocycles. The molecule has 0 bridgehead atoms. The van der Waals surface area contributed by atoms with Gasteiger partial charge in [-0.15, -0.1) is 0 Å². The van der Waals surface area contributed by atoms with Crippen molar-refractivity contribution in [1.29, 1.82) is 0 Å². The van der Waals surface area contributed by atoms with Crippen molar-refractivity contribution in [3.63, 3.8) is 0 Å². The Bertz CT molecular complexity index is 1310. The van der Waals surface area contributed by atoms with Crippen molar-refractivity contribution >= 4 is 11.9 Å². The molecule has 0 aliphatic carbocycles. The van der Waals surface area contributed by atoms with Gasteiger partial charge in [0.05, 0.1) is 25.4 Å². The van der Waals surface area contributed by atoms with Crippen molar-refractivity contribution in [2.75, 3.05) is 13.2 Å². The lowest BCUT2D eigenvalue weighted by atomic mass is 10.0. The van der Waals surface area contributed by atoms with Crippen molar-refractivity contribution < 1.29 is 24.5 Å². The molecule has 0 rings (SSSR count). The van der Waals surface area contributed by atoms with Crippen LogP contribution in [0.15, 0.2) is 48.6 Å². The molecule has 0 saturated heterocycles. The number of esters is 1. The van der Waals surface area contributed by atoms with Gasteiger partial charge in [-0.05, 0) is 89.9 Å². The Kier molecular flexibility index (Phi) is 65.4. The third kappa shape index (κ3) is 63.0. The SMILES string of the molecule is CCCCCC/C=C\C/C=C\CCCCCCCCCC(=O)OCCCCCCCCCCCCCC/C=C\CCCCCCCCCCCCCCCCC(=O)NC(CO)C(O)/C=C/CCCCCCCCCCCCC. The summed E-state index contributed by atoms with van der Waals surface area (Å²) < 4.78 is 5.50. The van der Waals surface area contributed by atoms with E-state index in [2.05, 4.69) is 55.6 Å². The smallest absolute Gasteiger partial charge is 0.305 e. The highest BCUT2D eigenvalue weighted by Gasteiger charge is 2.18. The number of carbonyl (C=O) groups is 2. The highest BCUT2D eigenvalue weighted by atomic mass is 16.5. The Labute approximate surface area is 486 Å². The second-order valence-corrected chi connectivity index (χ2v) is 23.9. The van der Waals surface area contributed by atoms with Crippen molar-refractivity contribution in [3.8, 4) is 0 Å². The standard InChI is InChI=1S/C72H135NO5/c1-3-5-7-9-11-13-15-17-18-19-35-38-42-46-50-54-58-62-66-72(77)78-67-63-59-55-51-47-43-39-36-33-31-29-27-25-23-21-20-22-24-26-28-30-32-34-37-41-45-49-53-57-61-65-71(76)73-69(68-74)70(75)64-60-56-52-48-44-40-16-14-12-10-8-6-4-2/h13,15,18-19,21,23,60,64,69-70,74-75H,3-12,14,16-17,20,22,24-59,61-63,65-68H2,1-2H3,(H,73,76)/b15-13-,19-18-,23-21-,64-60+. The van der Waals surface area contributed by atoms with Crippen LogP contribution in [0.5, 0.6) is 0 Å². The minimum Gasteiger partial charge on any atom is -0.466 e. The van der Waals surface area contributed by atoms with Crippen molar-refractivity contribution in [1.82, 2.24) is 5.32 Å². The summed E-state index contributed by atoms with van der Waals surface area (Å²) in [4.78, 5) is 24.6. The van der Waals surface area contributed by atoms with E-state index in [1.54, 1.807) is 6.08 Å². The van der Waals surface area contributed by atoms with Crippen LogP contribution in [0.25, 0.3) is 0 Å². The molecule has 1 amide bonds. The zero-order valence-electron chi connectivity index (χ0n) is 52.4. The second kappa shape index (κ2) is 67.3. The van der Waals surface area contributed by atoms with E-state index >= 15 is 0 Å². The highest BCUT2D eigenvalue weighted by molar-refractivity contribution is 5.76. The van der Waals surface area contributed by atoms with Crippen LogP contribution < -0.4 is 5.32 Å². The molecule has 0 heterocycles. The lowest BCUT2D eigenvalue weighted by molar-refractivity contribution is -0.143. The third-order valence-corrected chi connectivity index (χ3v) is 16.1. The molecule has 0 radical (unpaired) electrons. The Balaban J connectivity index is 3.37. The van der Waals surface area contributed by atoms with E-state index in [4.69, 9.17) is 4.74 Å². The van der Waals surface area contributed by atoms with Gasteiger partial charge in [-0.2, -0.15) is 0 Å². The van der Waals surface area contributed by atoms with Gasteiger partial charge in [-0.3, -0.25) is 9.59 Å². The first-order valence-corrected chi connectivity index (χ1v) is 34.9. The zero-order chi connectivity index (χ0) is 56.4. The Hall–Kier alpha value is -2.18. The van der Waals surface area contributed by atoms with Gasteiger partial charge in [0.25, 0.3) is 0 Å². The lowest BCUT2D eigenvalue weighted by Crippen LogP contribution is -2.45. The molecule has 0 spiro atoms. The van der Waals surface area contributed by atoms with Gasteiger partial charge in [0.15, 0.2) is 0 Å². The maximum Gasteiger partial charge on any atom is 0.305 e. The van der Waals surface area contributed by atoms with Crippen LogP contribution in [0.1, 0.15) is 373 Å². The van der Waals surface area contributed by atoms with Gasteiger partial charge in [-0.1, -0.05) is 319 Å². The fourth-order valence-corrected chi connectivity index (χ4v) is 10.7. The molecule has 2 unspecified atom stereocenters. The topological polar surface area (TPSA) is 95.9 Å². The maximum absolute atomic E-state index is 12.5. The number of nitrogens with one attached hydrogen (secondary N) is 1. The molecule has 6 heteroatoms. The van der Waals surface area contributed by atoms with Crippen LogP contribution in [0.4, 0.5) is 0 Å². The van der Waals surface area contributed by atoms with E-state index in [1.165, 1.54) is 295 Å². The normalized spacial score (nSPS) is 12.8. The largest absolute Gasteiger partial charge is 0.466 e. The summed E-state index contributed by atoms with van der Waals surface area (Å²) in [5.41, 5.74) is 0. The molecule has 0 aromatic rings. The summed E-state index contributed by atoms with van der Waals surface area (Å²) in [6.45, 7) is 4.90.